The zero-order valence-electron chi connectivity index (χ0n) is 3.35. The van der Waals surface area contributed by atoms with Crippen LogP contribution in [0.5, 0.6) is 0 Å². The van der Waals surface area contributed by atoms with E-state index >= 15 is 0 Å². The monoisotopic (exact) mass is 170 g/mol. The van der Waals surface area contributed by atoms with Gasteiger partial charge in [-0.15, -0.1) is 0 Å². The van der Waals surface area contributed by atoms with Gasteiger partial charge in [0.25, 0.3) is 0 Å². The minimum atomic E-state index is -2.13. The van der Waals surface area contributed by atoms with Gasteiger partial charge in [-0.2, -0.15) is 0 Å². The molecule has 0 aromatic rings. The Labute approximate surface area is 118 Å². The molecule has 0 saturated carbocycles. The first-order valence-corrected chi connectivity index (χ1v) is 1.50. The van der Waals surface area contributed by atoms with Crippen LogP contribution in [0.4, 0.5) is 0 Å². The minimum absolute atomic E-state index is 0. The summed E-state index contributed by atoms with van der Waals surface area (Å²) in [7, 11) is -4.25. The van der Waals surface area contributed by atoms with Crippen molar-refractivity contribution in [2.24, 2.45) is 0 Å². The third-order valence-electron chi connectivity index (χ3n) is 0.243. The van der Waals surface area contributed by atoms with Gasteiger partial charge in [0, 0.05) is 0 Å². The molecule has 0 bridgehead atoms. The standard InChI is InChI=1S/B2H4O5.K.Na.2H/c3-1(4)7-2(5)6;;;;/h3-6H;;;;. The second kappa shape index (κ2) is 10.6. The Morgan fingerprint density at radius 1 is 0.889 bits per heavy atom. The fraction of sp³-hybridized carbons (Fsp3) is 0. The van der Waals surface area contributed by atoms with Gasteiger partial charge in [-0.3, -0.25) is 0 Å². The van der Waals surface area contributed by atoms with Gasteiger partial charge in [0.15, 0.2) is 0 Å². The third kappa shape index (κ3) is 18.0. The molecule has 0 amide bonds. The molecule has 0 saturated heterocycles. The average Bonchev–Trinajstić information content (AvgIpc) is 1.27. The Morgan fingerprint density at radius 2 is 1.11 bits per heavy atom. The molecular weight excluding hydrogens is 164 g/mol. The van der Waals surface area contributed by atoms with Crippen LogP contribution < -0.4 is 0 Å². The van der Waals surface area contributed by atoms with Crippen molar-refractivity contribution in [3.63, 3.8) is 0 Å². The van der Waals surface area contributed by atoms with E-state index in [2.05, 4.69) is 4.57 Å². The van der Waals surface area contributed by atoms with Gasteiger partial charge in [-0.25, -0.2) is 0 Å². The molecule has 44 valence electrons. The van der Waals surface area contributed by atoms with E-state index in [0.717, 1.165) is 0 Å². The molecule has 4 N–H and O–H groups in total. The molecule has 0 aromatic carbocycles. The van der Waals surface area contributed by atoms with Crippen molar-refractivity contribution in [1.82, 2.24) is 0 Å². The van der Waals surface area contributed by atoms with Crippen LogP contribution >= 0.6 is 0 Å². The topological polar surface area (TPSA) is 90.2 Å². The van der Waals surface area contributed by atoms with E-state index in [9.17, 15) is 0 Å². The number of rotatable bonds is 2. The number of hydrogen-bond donors (Lipinski definition) is 4. The zero-order chi connectivity index (χ0) is 5.86. The van der Waals surface area contributed by atoms with Crippen LogP contribution in [0.3, 0.4) is 0 Å². The Kier molecular flexibility index (Phi) is 20.7. The normalized spacial score (nSPS) is 6.67. The van der Waals surface area contributed by atoms with E-state index in [1.54, 1.807) is 0 Å². The van der Waals surface area contributed by atoms with Gasteiger partial charge in [0.1, 0.15) is 0 Å². The van der Waals surface area contributed by atoms with Crippen molar-refractivity contribution in [3.05, 3.63) is 0 Å². The molecule has 5 nitrogen and oxygen atoms in total. The van der Waals surface area contributed by atoms with Crippen molar-refractivity contribution in [3.8, 4) is 0 Å². The Hall–Kier alpha value is 2.57. The predicted molar refractivity (Wildman–Crippen MR) is 35.8 cm³/mol. The second-order valence-electron chi connectivity index (χ2n) is 0.789. The average molecular weight is 170 g/mol. The third-order valence-corrected chi connectivity index (χ3v) is 0.243. The maximum absolute atomic E-state index is 7.74. The summed E-state index contributed by atoms with van der Waals surface area (Å²) < 4.78 is 3.47. The molecule has 0 unspecified atom stereocenters. The first-order valence-electron chi connectivity index (χ1n) is 1.50. The zero-order valence-corrected chi connectivity index (χ0v) is 3.35. The Morgan fingerprint density at radius 3 is 1.11 bits per heavy atom. The summed E-state index contributed by atoms with van der Waals surface area (Å²) in [4.78, 5) is 0. The molecule has 0 radical (unpaired) electrons. The summed E-state index contributed by atoms with van der Waals surface area (Å²) in [6, 6.07) is 0. The molecule has 0 aliphatic carbocycles. The van der Waals surface area contributed by atoms with Crippen LogP contribution in [0.15, 0.2) is 0 Å². The molecule has 0 heterocycles. The SMILES string of the molecule is OB(O)OB(O)O.[KH].[NaH]. The van der Waals surface area contributed by atoms with Crippen LogP contribution in [0.2, 0.25) is 0 Å². The molecule has 9 heavy (non-hydrogen) atoms. The van der Waals surface area contributed by atoms with E-state index in [-0.39, 0.29) is 80.9 Å². The number of hydrogen-bond acceptors (Lipinski definition) is 5. The molecule has 9 heteroatoms. The summed E-state index contributed by atoms with van der Waals surface area (Å²) in [5.41, 5.74) is 0. The van der Waals surface area contributed by atoms with E-state index < -0.39 is 14.6 Å². The van der Waals surface area contributed by atoms with E-state index in [1.807, 2.05) is 0 Å². The molecule has 0 atom stereocenters. The van der Waals surface area contributed by atoms with Crippen molar-refractivity contribution in [2.45, 2.75) is 0 Å². The summed E-state index contributed by atoms with van der Waals surface area (Å²) in [6.07, 6.45) is 0. The summed E-state index contributed by atoms with van der Waals surface area (Å²) in [5, 5.41) is 30.9. The fourth-order valence-electron chi connectivity index (χ4n) is 0.109. The first kappa shape index (κ1) is 17.6. The molecule has 0 rings (SSSR count). The molecule has 0 aliphatic rings. The van der Waals surface area contributed by atoms with E-state index in [4.69, 9.17) is 20.1 Å². The van der Waals surface area contributed by atoms with E-state index in [0.29, 0.717) is 0 Å². The van der Waals surface area contributed by atoms with Gasteiger partial charge in [-0.05, 0) is 0 Å². The quantitative estimate of drug-likeness (QED) is 0.314. The van der Waals surface area contributed by atoms with Crippen LogP contribution in [-0.2, 0) is 4.57 Å². The van der Waals surface area contributed by atoms with Gasteiger partial charge < -0.3 is 24.7 Å². The fourth-order valence-corrected chi connectivity index (χ4v) is 0.109. The van der Waals surface area contributed by atoms with Crippen LogP contribution in [0.1, 0.15) is 0 Å². The summed E-state index contributed by atoms with van der Waals surface area (Å²) >= 11 is 0. The summed E-state index contributed by atoms with van der Waals surface area (Å²) in [6.45, 7) is 0. The first-order chi connectivity index (χ1) is 3.13. The summed E-state index contributed by atoms with van der Waals surface area (Å²) in [5.74, 6) is 0. The molecular formula is H6B2KNaO5. The van der Waals surface area contributed by atoms with Crippen molar-refractivity contribution < 1.29 is 24.7 Å². The van der Waals surface area contributed by atoms with E-state index in [1.165, 1.54) is 0 Å². The van der Waals surface area contributed by atoms with Crippen LogP contribution in [0, 0.1) is 0 Å². The van der Waals surface area contributed by atoms with Crippen molar-refractivity contribution in [2.75, 3.05) is 0 Å². The van der Waals surface area contributed by atoms with Crippen LogP contribution in [-0.4, -0.2) is 116 Å². The second-order valence-corrected chi connectivity index (χ2v) is 0.789. The molecule has 0 spiro atoms. The van der Waals surface area contributed by atoms with Gasteiger partial charge in [0.05, 0.1) is 0 Å². The molecule has 0 fully saturated rings. The van der Waals surface area contributed by atoms with Gasteiger partial charge >= 0.3 is 95.6 Å². The van der Waals surface area contributed by atoms with Gasteiger partial charge in [0.2, 0.25) is 0 Å². The van der Waals surface area contributed by atoms with Gasteiger partial charge in [-0.1, -0.05) is 0 Å². The maximum atomic E-state index is 7.74. The molecule has 0 aromatic heterocycles. The Balaban J connectivity index is -0.000000180. The predicted octanol–water partition coefficient (Wildman–Crippen LogP) is -4.35. The van der Waals surface area contributed by atoms with Crippen LogP contribution in [0.25, 0.3) is 0 Å². The molecule has 0 aliphatic heterocycles. The van der Waals surface area contributed by atoms with Crippen molar-refractivity contribution >= 4 is 95.6 Å². The Bertz CT molecular complexity index is 44.2. The van der Waals surface area contributed by atoms with Crippen molar-refractivity contribution in [1.29, 1.82) is 0 Å².